The predicted molar refractivity (Wildman–Crippen MR) is 97.7 cm³/mol. The molecule has 2 aromatic carbocycles. The lowest BCUT2D eigenvalue weighted by molar-refractivity contribution is -0.113. The molecule has 130 valence electrons. The Morgan fingerprint density at radius 3 is 2.72 bits per heavy atom. The molecule has 2 N–H and O–H groups in total. The topological polar surface area (TPSA) is 91.9 Å². The fourth-order valence-electron chi connectivity index (χ4n) is 2.40. The number of nitrogens with one attached hydrogen (secondary N) is 2. The molecule has 0 saturated heterocycles. The van der Waals surface area contributed by atoms with Crippen molar-refractivity contribution in [3.63, 3.8) is 0 Å². The van der Waals surface area contributed by atoms with Gasteiger partial charge in [-0.05, 0) is 49.2 Å². The van der Waals surface area contributed by atoms with Crippen LogP contribution in [0.5, 0.6) is 0 Å². The second kappa shape index (κ2) is 6.50. The van der Waals surface area contributed by atoms with Crippen molar-refractivity contribution in [2.24, 2.45) is 0 Å². The van der Waals surface area contributed by atoms with Gasteiger partial charge in [-0.1, -0.05) is 23.7 Å². The maximum absolute atomic E-state index is 12.5. The van der Waals surface area contributed by atoms with Crippen LogP contribution in [0, 0.1) is 13.8 Å². The number of hydrogen-bond donors (Lipinski definition) is 2. The lowest BCUT2D eigenvalue weighted by atomic mass is 10.2. The molecule has 0 saturated carbocycles. The number of imidazole rings is 1. The number of nitrogens with zero attached hydrogens (tertiary/aromatic N) is 1. The van der Waals surface area contributed by atoms with E-state index < -0.39 is 21.5 Å². The van der Waals surface area contributed by atoms with E-state index in [-0.39, 0.29) is 5.16 Å². The van der Waals surface area contributed by atoms with Gasteiger partial charge in [0.1, 0.15) is 5.75 Å². The second-order valence-corrected chi connectivity index (χ2v) is 8.17. The van der Waals surface area contributed by atoms with E-state index in [1.54, 1.807) is 37.3 Å². The number of amides is 1. The number of sulfone groups is 1. The standard InChI is InChI=1S/C17H16ClN3O3S/c1-10-3-6-13-15(7-10)21-17(20-13)25(23,24)9-16(22)19-14-8-12(18)5-4-11(14)2/h3-8H,9H2,1-2H3,(H,19,22)(H,20,21). The van der Waals surface area contributed by atoms with Crippen LogP contribution >= 0.6 is 11.6 Å². The number of rotatable bonds is 4. The number of fused-ring (bicyclic) bond motifs is 1. The molecular weight excluding hydrogens is 362 g/mol. The van der Waals surface area contributed by atoms with Gasteiger partial charge in [-0.3, -0.25) is 4.79 Å². The third-order valence-corrected chi connectivity index (χ3v) is 5.36. The van der Waals surface area contributed by atoms with Gasteiger partial charge in [-0.25, -0.2) is 13.4 Å². The van der Waals surface area contributed by atoms with Crippen molar-refractivity contribution in [1.29, 1.82) is 0 Å². The highest BCUT2D eigenvalue weighted by atomic mass is 35.5. The number of H-pyrrole nitrogens is 1. The highest BCUT2D eigenvalue weighted by Crippen LogP contribution is 2.21. The zero-order valence-corrected chi connectivity index (χ0v) is 15.2. The number of aromatic amines is 1. The maximum Gasteiger partial charge on any atom is 0.240 e. The third kappa shape index (κ3) is 3.83. The number of aryl methyl sites for hydroxylation is 2. The number of carbonyl (C=O) groups excluding carboxylic acids is 1. The molecule has 1 aromatic heterocycles. The molecule has 0 radical (unpaired) electrons. The van der Waals surface area contributed by atoms with Crippen molar-refractivity contribution < 1.29 is 13.2 Å². The summed E-state index contributed by atoms with van der Waals surface area (Å²) in [6.45, 7) is 3.69. The van der Waals surface area contributed by atoms with Gasteiger partial charge in [0.25, 0.3) is 0 Å². The zero-order chi connectivity index (χ0) is 18.2. The van der Waals surface area contributed by atoms with Crippen molar-refractivity contribution in [3.05, 3.63) is 52.5 Å². The summed E-state index contributed by atoms with van der Waals surface area (Å²) >= 11 is 5.90. The molecule has 8 heteroatoms. The van der Waals surface area contributed by atoms with Crippen molar-refractivity contribution in [2.45, 2.75) is 19.0 Å². The Labute approximate surface area is 150 Å². The van der Waals surface area contributed by atoms with Crippen LogP contribution in [0.15, 0.2) is 41.6 Å². The molecule has 0 spiro atoms. The second-order valence-electron chi connectivity index (χ2n) is 5.83. The first-order valence-corrected chi connectivity index (χ1v) is 9.53. The Morgan fingerprint density at radius 1 is 1.20 bits per heavy atom. The van der Waals surface area contributed by atoms with E-state index in [0.717, 1.165) is 11.1 Å². The highest BCUT2D eigenvalue weighted by Gasteiger charge is 2.23. The Balaban J connectivity index is 1.82. The molecule has 3 rings (SSSR count). The highest BCUT2D eigenvalue weighted by molar-refractivity contribution is 7.92. The first kappa shape index (κ1) is 17.4. The molecule has 0 fully saturated rings. The van der Waals surface area contributed by atoms with E-state index in [9.17, 15) is 13.2 Å². The Hall–Kier alpha value is -2.38. The van der Waals surface area contributed by atoms with Crippen LogP contribution in [-0.2, 0) is 14.6 Å². The molecular formula is C17H16ClN3O3S. The van der Waals surface area contributed by atoms with Crippen molar-refractivity contribution in [1.82, 2.24) is 9.97 Å². The molecule has 0 aliphatic heterocycles. The first-order chi connectivity index (χ1) is 11.7. The third-order valence-electron chi connectivity index (χ3n) is 3.71. The van der Waals surface area contributed by atoms with Crippen LogP contribution in [0.2, 0.25) is 5.02 Å². The van der Waals surface area contributed by atoms with Gasteiger partial charge >= 0.3 is 0 Å². The van der Waals surface area contributed by atoms with E-state index in [4.69, 9.17) is 11.6 Å². The van der Waals surface area contributed by atoms with E-state index in [2.05, 4.69) is 15.3 Å². The number of halogens is 1. The monoisotopic (exact) mass is 377 g/mol. The molecule has 6 nitrogen and oxygen atoms in total. The summed E-state index contributed by atoms with van der Waals surface area (Å²) in [4.78, 5) is 19.0. The fraction of sp³-hybridized carbons (Fsp3) is 0.176. The van der Waals surface area contributed by atoms with Crippen molar-refractivity contribution in [2.75, 3.05) is 11.1 Å². The summed E-state index contributed by atoms with van der Waals surface area (Å²) < 4.78 is 24.9. The summed E-state index contributed by atoms with van der Waals surface area (Å²) in [5, 5.41) is 2.81. The lowest BCUT2D eigenvalue weighted by Gasteiger charge is -2.08. The summed E-state index contributed by atoms with van der Waals surface area (Å²) in [6.07, 6.45) is 0. The normalized spacial score (nSPS) is 11.6. The smallest absolute Gasteiger partial charge is 0.240 e. The molecule has 25 heavy (non-hydrogen) atoms. The maximum atomic E-state index is 12.5. The minimum absolute atomic E-state index is 0.217. The summed E-state index contributed by atoms with van der Waals surface area (Å²) in [7, 11) is -3.89. The van der Waals surface area contributed by atoms with Gasteiger partial charge in [0.15, 0.2) is 0 Å². The Morgan fingerprint density at radius 2 is 1.96 bits per heavy atom. The largest absolute Gasteiger partial charge is 0.329 e. The number of aromatic nitrogens is 2. The summed E-state index contributed by atoms with van der Waals surface area (Å²) in [5.41, 5.74) is 3.40. The SMILES string of the molecule is Cc1ccc2nc(S(=O)(=O)CC(=O)Nc3cc(Cl)ccc3C)[nH]c2c1. The van der Waals surface area contributed by atoms with Crippen LogP contribution < -0.4 is 5.32 Å². The van der Waals surface area contributed by atoms with Crippen LogP contribution in [0.4, 0.5) is 5.69 Å². The number of anilines is 1. The van der Waals surface area contributed by atoms with Crippen LogP contribution in [-0.4, -0.2) is 30.0 Å². The van der Waals surface area contributed by atoms with Gasteiger partial charge in [0.05, 0.1) is 11.0 Å². The minimum atomic E-state index is -3.89. The van der Waals surface area contributed by atoms with E-state index in [1.807, 2.05) is 13.0 Å². The Kier molecular flexibility index (Phi) is 4.53. The fourth-order valence-corrected chi connectivity index (χ4v) is 3.63. The molecule has 0 bridgehead atoms. The molecule has 1 amide bonds. The first-order valence-electron chi connectivity index (χ1n) is 7.50. The van der Waals surface area contributed by atoms with Crippen molar-refractivity contribution >= 4 is 44.1 Å². The minimum Gasteiger partial charge on any atom is -0.329 e. The molecule has 1 heterocycles. The molecule has 0 aliphatic carbocycles. The van der Waals surface area contributed by atoms with Gasteiger partial charge in [-0.2, -0.15) is 0 Å². The average molecular weight is 378 g/mol. The van der Waals surface area contributed by atoms with Gasteiger partial charge < -0.3 is 10.3 Å². The predicted octanol–water partition coefficient (Wildman–Crippen LogP) is 3.25. The van der Waals surface area contributed by atoms with Crippen LogP contribution in [0.25, 0.3) is 11.0 Å². The lowest BCUT2D eigenvalue weighted by Crippen LogP contribution is -2.24. The van der Waals surface area contributed by atoms with E-state index >= 15 is 0 Å². The number of carbonyl (C=O) groups is 1. The van der Waals surface area contributed by atoms with Gasteiger partial charge in [0, 0.05) is 10.7 Å². The Bertz CT molecular complexity index is 1070. The quantitative estimate of drug-likeness (QED) is 0.730. The molecule has 0 atom stereocenters. The summed E-state index contributed by atoms with van der Waals surface area (Å²) in [5.74, 6) is -1.36. The van der Waals surface area contributed by atoms with Crippen molar-refractivity contribution in [3.8, 4) is 0 Å². The van der Waals surface area contributed by atoms with E-state index in [1.165, 1.54) is 0 Å². The van der Waals surface area contributed by atoms with Crippen LogP contribution in [0.3, 0.4) is 0 Å². The number of benzene rings is 2. The van der Waals surface area contributed by atoms with Crippen LogP contribution in [0.1, 0.15) is 11.1 Å². The van der Waals surface area contributed by atoms with Gasteiger partial charge in [-0.15, -0.1) is 0 Å². The van der Waals surface area contributed by atoms with Gasteiger partial charge in [0.2, 0.25) is 20.9 Å². The van der Waals surface area contributed by atoms with E-state index in [0.29, 0.717) is 21.7 Å². The zero-order valence-electron chi connectivity index (χ0n) is 13.6. The number of hydrogen-bond acceptors (Lipinski definition) is 4. The summed E-state index contributed by atoms with van der Waals surface area (Å²) in [6, 6.07) is 10.4. The average Bonchev–Trinajstić information content (AvgIpc) is 2.94. The molecule has 3 aromatic rings. The molecule has 0 unspecified atom stereocenters. The molecule has 0 aliphatic rings.